The predicted molar refractivity (Wildman–Crippen MR) is 192 cm³/mol. The van der Waals surface area contributed by atoms with E-state index in [4.69, 9.17) is 14.7 Å². The zero-order chi connectivity index (χ0) is 30.2. The van der Waals surface area contributed by atoms with Gasteiger partial charge in [-0.1, -0.05) is 109 Å². The molecule has 0 unspecified atom stereocenters. The van der Waals surface area contributed by atoms with Crippen molar-refractivity contribution in [1.29, 1.82) is 0 Å². The molecule has 1 aliphatic rings. The Morgan fingerprint density at radius 3 is 2.20 bits per heavy atom. The molecule has 10 rings (SSSR count). The number of benzene rings is 7. The molecule has 7 aromatic carbocycles. The first kappa shape index (κ1) is 25.5. The van der Waals surface area contributed by atoms with Crippen LogP contribution in [0.5, 0.6) is 11.5 Å². The van der Waals surface area contributed by atoms with Crippen LogP contribution in [-0.2, 0) is 0 Å². The summed E-state index contributed by atoms with van der Waals surface area (Å²) in [4.78, 5) is 10.6. The van der Waals surface area contributed by atoms with E-state index in [9.17, 15) is 0 Å². The maximum Gasteiger partial charge on any atom is 0.161 e. The maximum absolute atomic E-state index is 6.61. The quantitative estimate of drug-likeness (QED) is 0.201. The van der Waals surface area contributed by atoms with Gasteiger partial charge in [0, 0.05) is 32.2 Å². The minimum Gasteiger partial charge on any atom is -0.456 e. The highest BCUT2D eigenvalue weighted by atomic mass is 32.1. The first-order valence-electron chi connectivity index (χ1n) is 15.4. The summed E-state index contributed by atoms with van der Waals surface area (Å²) in [6.07, 6.45) is 0. The van der Waals surface area contributed by atoms with Crippen LogP contribution < -0.4 is 4.74 Å². The van der Waals surface area contributed by atoms with E-state index in [0.29, 0.717) is 5.82 Å². The highest BCUT2D eigenvalue weighted by Crippen LogP contribution is 2.50. The van der Waals surface area contributed by atoms with Crippen LogP contribution in [0, 0.1) is 0 Å². The van der Waals surface area contributed by atoms with Crippen molar-refractivity contribution in [3.05, 3.63) is 146 Å². The average molecular weight is 605 g/mol. The summed E-state index contributed by atoms with van der Waals surface area (Å²) in [5.74, 6) is 2.44. The van der Waals surface area contributed by atoms with E-state index in [-0.39, 0.29) is 0 Å². The van der Waals surface area contributed by atoms with Crippen molar-refractivity contribution >= 4 is 53.2 Å². The summed E-state index contributed by atoms with van der Waals surface area (Å²) in [6, 6.07) is 51.3. The summed E-state index contributed by atoms with van der Waals surface area (Å²) < 4.78 is 8.93. The van der Waals surface area contributed by atoms with Gasteiger partial charge in [0.05, 0.1) is 15.9 Å². The Balaban J connectivity index is 1.20. The fraction of sp³-hybridized carbons (Fsp3) is 0. The van der Waals surface area contributed by atoms with Crippen LogP contribution in [0.15, 0.2) is 146 Å². The van der Waals surface area contributed by atoms with E-state index in [1.54, 1.807) is 11.3 Å². The highest BCUT2D eigenvalue weighted by Gasteiger charge is 2.24. The molecular weight excluding hydrogens is 581 g/mol. The van der Waals surface area contributed by atoms with E-state index in [1.165, 1.54) is 21.0 Å². The molecule has 4 heteroatoms. The van der Waals surface area contributed by atoms with Gasteiger partial charge in [0.1, 0.15) is 11.5 Å². The summed E-state index contributed by atoms with van der Waals surface area (Å²) in [5.41, 5.74) is 8.59. The topological polar surface area (TPSA) is 35.0 Å². The second kappa shape index (κ2) is 9.83. The molecule has 9 aromatic rings. The number of thiophene rings is 1. The molecule has 0 saturated heterocycles. The van der Waals surface area contributed by atoms with Gasteiger partial charge in [0.2, 0.25) is 0 Å². The lowest BCUT2D eigenvalue weighted by Crippen LogP contribution is -2.00. The van der Waals surface area contributed by atoms with Gasteiger partial charge in [-0.05, 0) is 69.2 Å². The second-order valence-electron chi connectivity index (χ2n) is 11.8. The molecule has 0 saturated carbocycles. The molecule has 0 atom stereocenters. The van der Waals surface area contributed by atoms with Crippen molar-refractivity contribution in [3.63, 3.8) is 0 Å². The Labute approximate surface area is 269 Å². The average Bonchev–Trinajstić information content (AvgIpc) is 3.50. The van der Waals surface area contributed by atoms with Gasteiger partial charge < -0.3 is 4.74 Å². The van der Waals surface area contributed by atoms with Gasteiger partial charge in [-0.3, -0.25) is 0 Å². The molecule has 46 heavy (non-hydrogen) atoms. The number of aromatic nitrogens is 2. The highest BCUT2D eigenvalue weighted by molar-refractivity contribution is 7.26. The lowest BCUT2D eigenvalue weighted by molar-refractivity contribution is 0.487. The minimum absolute atomic E-state index is 0.716. The zero-order valence-electron chi connectivity index (χ0n) is 24.6. The molecule has 1 aliphatic heterocycles. The third-order valence-electron chi connectivity index (χ3n) is 9.08. The van der Waals surface area contributed by atoms with E-state index < -0.39 is 0 Å². The molecule has 0 fully saturated rings. The first-order chi connectivity index (χ1) is 22.8. The standard InChI is InChI=1S/C42H24N2OS/c1-2-9-25(10-3-1)28-19-20-30-31-14-8-15-32-33(21-22-35(38(31)32)45-36(30)24-28)42-43-39(29-18-17-26-11-4-5-12-27(26)23-29)41-40(44-42)34-13-6-7-16-37(34)46-41/h1-24H. The van der Waals surface area contributed by atoms with Gasteiger partial charge in [0.15, 0.2) is 5.82 Å². The molecule has 3 heterocycles. The Morgan fingerprint density at radius 2 is 1.26 bits per heavy atom. The van der Waals surface area contributed by atoms with E-state index >= 15 is 0 Å². The van der Waals surface area contributed by atoms with E-state index in [0.717, 1.165) is 71.4 Å². The second-order valence-corrected chi connectivity index (χ2v) is 12.8. The summed E-state index contributed by atoms with van der Waals surface area (Å²) in [6.45, 7) is 0. The third kappa shape index (κ3) is 3.84. The fourth-order valence-electron chi connectivity index (χ4n) is 6.88. The predicted octanol–water partition coefficient (Wildman–Crippen LogP) is 11.9. The Morgan fingerprint density at radius 1 is 0.478 bits per heavy atom. The minimum atomic E-state index is 0.716. The van der Waals surface area contributed by atoms with Crippen molar-refractivity contribution in [2.24, 2.45) is 0 Å². The maximum atomic E-state index is 6.61. The number of hydrogen-bond acceptors (Lipinski definition) is 4. The van der Waals surface area contributed by atoms with Crippen molar-refractivity contribution < 1.29 is 4.74 Å². The molecule has 0 aliphatic carbocycles. The van der Waals surface area contributed by atoms with Gasteiger partial charge in [-0.2, -0.15) is 0 Å². The molecule has 0 amide bonds. The molecule has 0 bridgehead atoms. The van der Waals surface area contributed by atoms with Gasteiger partial charge in [0.25, 0.3) is 0 Å². The van der Waals surface area contributed by atoms with Gasteiger partial charge in [-0.15, -0.1) is 11.3 Å². The van der Waals surface area contributed by atoms with Gasteiger partial charge in [-0.25, -0.2) is 9.97 Å². The summed E-state index contributed by atoms with van der Waals surface area (Å²) in [5, 5.41) is 5.74. The van der Waals surface area contributed by atoms with Gasteiger partial charge >= 0.3 is 0 Å². The molecule has 3 nitrogen and oxygen atoms in total. The molecular formula is C42H24N2OS. The van der Waals surface area contributed by atoms with Crippen LogP contribution in [0.2, 0.25) is 0 Å². The largest absolute Gasteiger partial charge is 0.456 e. The summed E-state index contributed by atoms with van der Waals surface area (Å²) in [7, 11) is 0. The Kier molecular flexibility index (Phi) is 5.45. The zero-order valence-corrected chi connectivity index (χ0v) is 25.4. The van der Waals surface area contributed by atoms with Crippen LogP contribution in [0.4, 0.5) is 0 Å². The number of fused-ring (bicyclic) bond motifs is 6. The Hall–Kier alpha value is -5.84. The van der Waals surface area contributed by atoms with Crippen molar-refractivity contribution in [3.8, 4) is 56.4 Å². The molecule has 214 valence electrons. The molecule has 0 radical (unpaired) electrons. The smallest absolute Gasteiger partial charge is 0.161 e. The van der Waals surface area contributed by atoms with Crippen LogP contribution in [0.25, 0.3) is 86.7 Å². The van der Waals surface area contributed by atoms with Crippen molar-refractivity contribution in [2.75, 3.05) is 0 Å². The number of nitrogens with zero attached hydrogens (tertiary/aromatic N) is 2. The monoisotopic (exact) mass is 604 g/mol. The van der Waals surface area contributed by atoms with Crippen molar-refractivity contribution in [1.82, 2.24) is 9.97 Å². The van der Waals surface area contributed by atoms with E-state index in [2.05, 4.69) is 140 Å². The fourth-order valence-corrected chi connectivity index (χ4v) is 8.03. The number of rotatable bonds is 3. The molecule has 2 aromatic heterocycles. The van der Waals surface area contributed by atoms with Crippen LogP contribution >= 0.6 is 11.3 Å². The van der Waals surface area contributed by atoms with Crippen LogP contribution in [0.1, 0.15) is 0 Å². The normalized spacial score (nSPS) is 12.1. The van der Waals surface area contributed by atoms with E-state index in [1.807, 2.05) is 6.07 Å². The number of hydrogen-bond donors (Lipinski definition) is 0. The van der Waals surface area contributed by atoms with Crippen LogP contribution in [-0.4, -0.2) is 9.97 Å². The van der Waals surface area contributed by atoms with Crippen molar-refractivity contribution in [2.45, 2.75) is 0 Å². The summed E-state index contributed by atoms with van der Waals surface area (Å²) >= 11 is 1.76. The lowest BCUT2D eigenvalue weighted by Gasteiger charge is -2.23. The van der Waals surface area contributed by atoms with Crippen LogP contribution in [0.3, 0.4) is 0 Å². The first-order valence-corrected chi connectivity index (χ1v) is 16.2. The number of ether oxygens (including phenoxy) is 1. The molecule has 0 spiro atoms. The molecule has 0 N–H and O–H groups in total. The Bertz CT molecular complexity index is 2680. The lowest BCUT2D eigenvalue weighted by atomic mass is 9.91. The SMILES string of the molecule is c1ccc(-c2ccc3c(c2)Oc2ccc(-c4nc(-c5ccc6ccccc6c5)c5sc6ccccc6c5n4)c4cccc-3c24)cc1. The third-order valence-corrected chi connectivity index (χ3v) is 10.3.